The molecule has 0 aromatic heterocycles. The highest BCUT2D eigenvalue weighted by Crippen LogP contribution is 2.50. The van der Waals surface area contributed by atoms with Crippen LogP contribution in [0.15, 0.2) is 53.7 Å². The first-order valence-electron chi connectivity index (χ1n) is 11.9. The molecule has 0 spiro atoms. The van der Waals surface area contributed by atoms with E-state index in [4.69, 9.17) is 32.8 Å². The average molecular weight is 624 g/mol. The maximum Gasteiger partial charge on any atom is 0.435 e. The summed E-state index contributed by atoms with van der Waals surface area (Å²) in [6.45, 7) is -1.31. The summed E-state index contributed by atoms with van der Waals surface area (Å²) in [6.07, 6.45) is -11.7. The molecule has 3 aromatic rings. The molecule has 0 bridgehead atoms. The third-order valence-corrected chi connectivity index (χ3v) is 7.22. The molecule has 3 aromatic carbocycles. The summed E-state index contributed by atoms with van der Waals surface area (Å²) in [5.41, 5.74) is -3.20. The topological polar surface area (TPSA) is 75.3 Å². The molecule has 2 aliphatic rings. The van der Waals surface area contributed by atoms with E-state index in [1.54, 1.807) is 24.3 Å². The first kappa shape index (κ1) is 29.4. The number of carbonyl (C=O) groups is 1. The highest BCUT2D eigenvalue weighted by Gasteiger charge is 2.62. The number of rotatable bonds is 7. The van der Waals surface area contributed by atoms with Crippen molar-refractivity contribution in [2.75, 3.05) is 13.1 Å². The first-order valence-corrected chi connectivity index (χ1v) is 12.7. The van der Waals surface area contributed by atoms with E-state index in [-0.39, 0.29) is 23.4 Å². The molecule has 5 rings (SSSR count). The number of carbonyl (C=O) groups excluding carboxylic acids is 1. The van der Waals surface area contributed by atoms with Gasteiger partial charge in [0.15, 0.2) is 5.82 Å². The number of nitrogens with one attached hydrogen (secondary N) is 2. The van der Waals surface area contributed by atoms with Crippen molar-refractivity contribution in [2.24, 2.45) is 5.16 Å². The van der Waals surface area contributed by atoms with Crippen LogP contribution in [0, 0.1) is 5.82 Å². The molecule has 2 N–H and O–H groups in total. The molecule has 0 saturated carbocycles. The molecule has 41 heavy (non-hydrogen) atoms. The number of amides is 1. The van der Waals surface area contributed by atoms with Gasteiger partial charge in [0.2, 0.25) is 0 Å². The molecule has 2 heterocycles. The number of oxime groups is 1. The fourth-order valence-corrected chi connectivity index (χ4v) is 5.06. The van der Waals surface area contributed by atoms with Crippen LogP contribution in [0.3, 0.4) is 0 Å². The van der Waals surface area contributed by atoms with Gasteiger partial charge in [-0.05, 0) is 29.0 Å². The van der Waals surface area contributed by atoms with Gasteiger partial charge < -0.3 is 14.9 Å². The van der Waals surface area contributed by atoms with Gasteiger partial charge in [-0.1, -0.05) is 58.7 Å². The van der Waals surface area contributed by atoms with Crippen molar-refractivity contribution >= 4 is 45.6 Å². The number of fused-ring (bicyclic) bond motifs is 1. The van der Waals surface area contributed by atoms with Gasteiger partial charge in [-0.3, -0.25) is 10.1 Å². The van der Waals surface area contributed by atoms with E-state index in [1.165, 1.54) is 12.1 Å². The highest BCUT2D eigenvalue weighted by molar-refractivity contribution is 6.35. The number of alkyl halides is 6. The molecule has 0 radical (unpaired) electrons. The third-order valence-electron chi connectivity index (χ3n) is 6.67. The zero-order chi connectivity index (χ0) is 29.7. The molecule has 2 aliphatic heterocycles. The Morgan fingerprint density at radius 2 is 1.68 bits per heavy atom. The van der Waals surface area contributed by atoms with Gasteiger partial charge in [-0.25, -0.2) is 4.39 Å². The average Bonchev–Trinajstić information content (AvgIpc) is 3.51. The van der Waals surface area contributed by atoms with Gasteiger partial charge in [-0.15, -0.1) is 0 Å². The van der Waals surface area contributed by atoms with Crippen molar-refractivity contribution in [1.29, 1.82) is 0 Å². The van der Waals surface area contributed by atoms with Crippen LogP contribution in [-0.2, 0) is 15.2 Å². The number of nitrogens with zero attached hydrogens (tertiary/aromatic N) is 1. The number of epoxide rings is 1. The predicted molar refractivity (Wildman–Crippen MR) is 135 cm³/mol. The molecular weight excluding hydrogens is 606 g/mol. The van der Waals surface area contributed by atoms with E-state index < -0.39 is 70.6 Å². The Morgan fingerprint density at radius 1 is 1.02 bits per heavy atom. The van der Waals surface area contributed by atoms with Crippen molar-refractivity contribution in [3.8, 4) is 0 Å². The summed E-state index contributed by atoms with van der Waals surface area (Å²) < 4.78 is 99.4. The zero-order valence-corrected chi connectivity index (χ0v) is 22.0. The van der Waals surface area contributed by atoms with Crippen LogP contribution < -0.4 is 10.6 Å². The minimum absolute atomic E-state index is 0.0676. The van der Waals surface area contributed by atoms with Gasteiger partial charge >= 0.3 is 12.4 Å². The Hall–Kier alpha value is -3.13. The zero-order valence-electron chi connectivity index (χ0n) is 20.5. The Kier molecular flexibility index (Phi) is 7.60. The lowest BCUT2D eigenvalue weighted by atomic mass is 9.85. The maximum absolute atomic E-state index is 14.4. The second-order valence-electron chi connectivity index (χ2n) is 9.39. The maximum atomic E-state index is 14.4. The van der Waals surface area contributed by atoms with E-state index >= 15 is 0 Å². The van der Waals surface area contributed by atoms with E-state index in [2.05, 4.69) is 15.8 Å². The van der Waals surface area contributed by atoms with Gasteiger partial charge in [-0.2, -0.15) is 26.3 Å². The van der Waals surface area contributed by atoms with Gasteiger partial charge in [0.25, 0.3) is 11.5 Å². The van der Waals surface area contributed by atoms with Crippen LogP contribution in [0.5, 0.6) is 0 Å². The molecule has 1 amide bonds. The Balaban J connectivity index is 1.38. The smallest absolute Gasteiger partial charge is 0.374 e. The number of ether oxygens (including phenoxy) is 1. The minimum atomic E-state index is -5.00. The summed E-state index contributed by atoms with van der Waals surface area (Å²) in [5.74, 6) is -1.64. The molecule has 1 saturated heterocycles. The Morgan fingerprint density at radius 3 is 2.32 bits per heavy atom. The molecule has 15 heteroatoms. The van der Waals surface area contributed by atoms with Crippen molar-refractivity contribution in [2.45, 2.75) is 36.7 Å². The largest absolute Gasteiger partial charge is 0.435 e. The fourth-order valence-electron chi connectivity index (χ4n) is 4.57. The van der Waals surface area contributed by atoms with Crippen LogP contribution >= 0.6 is 23.2 Å². The molecule has 1 fully saturated rings. The summed E-state index contributed by atoms with van der Waals surface area (Å²) in [6, 6.07) is 10.8. The summed E-state index contributed by atoms with van der Waals surface area (Å²) in [4.78, 5) is 17.9. The number of benzene rings is 3. The lowest BCUT2D eigenvalue weighted by molar-refractivity contribution is -0.275. The van der Waals surface area contributed by atoms with Crippen LogP contribution in [0.2, 0.25) is 10.0 Å². The van der Waals surface area contributed by atoms with E-state index in [1.807, 2.05) is 0 Å². The Bertz CT molecular complexity index is 1520. The van der Waals surface area contributed by atoms with Crippen LogP contribution in [0.1, 0.15) is 27.9 Å². The molecule has 218 valence electrons. The highest BCUT2D eigenvalue weighted by atomic mass is 35.5. The quantitative estimate of drug-likeness (QED) is 0.180. The predicted octanol–water partition coefficient (Wildman–Crippen LogP) is 6.47. The van der Waals surface area contributed by atoms with E-state index in [0.29, 0.717) is 10.8 Å². The standard InChI is InChI=1S/C26H18Cl2F7N3O3/c27-17-7-12(8-18(28)21(17)29)24(26(33,34)35)9-19(38-41-24)15-5-6-16(14-4-2-1-3-13(14)15)22(39)36-10-20-23(40-20)37-11-25(30,31)32/h1-8,20,23,37H,9-11H2,(H,36,39). The molecule has 6 nitrogen and oxygen atoms in total. The van der Waals surface area contributed by atoms with Gasteiger partial charge in [0.05, 0.1) is 22.3 Å². The summed E-state index contributed by atoms with van der Waals surface area (Å²) in [7, 11) is 0. The fraction of sp³-hybridized carbons (Fsp3) is 0.308. The number of halogens is 9. The van der Waals surface area contributed by atoms with Crippen LogP contribution in [-0.4, -0.2) is 49.4 Å². The normalized spacial score (nSPS) is 22.4. The second-order valence-corrected chi connectivity index (χ2v) is 10.2. The number of hydrogen-bond donors (Lipinski definition) is 2. The SMILES string of the molecule is O=C(NCC1OC1NCC(F)(F)F)c1ccc(C2=NOC(c3cc(Cl)c(F)c(Cl)c3)(C(F)(F)F)C2)c2ccccc12. The first-order chi connectivity index (χ1) is 19.2. The monoisotopic (exact) mass is 623 g/mol. The Labute approximate surface area is 237 Å². The van der Waals surface area contributed by atoms with Crippen molar-refractivity contribution in [3.05, 3.63) is 81.1 Å². The second kappa shape index (κ2) is 10.6. The van der Waals surface area contributed by atoms with E-state index in [9.17, 15) is 35.5 Å². The van der Waals surface area contributed by atoms with Crippen molar-refractivity contribution < 1.29 is 45.1 Å². The van der Waals surface area contributed by atoms with Crippen LogP contribution in [0.4, 0.5) is 30.7 Å². The summed E-state index contributed by atoms with van der Waals surface area (Å²) >= 11 is 11.5. The van der Waals surface area contributed by atoms with Crippen LogP contribution in [0.25, 0.3) is 10.8 Å². The summed E-state index contributed by atoms with van der Waals surface area (Å²) in [5, 5.41) is 8.04. The van der Waals surface area contributed by atoms with Crippen molar-refractivity contribution in [1.82, 2.24) is 10.6 Å². The lowest BCUT2D eigenvalue weighted by Crippen LogP contribution is -2.42. The van der Waals surface area contributed by atoms with Crippen molar-refractivity contribution in [3.63, 3.8) is 0 Å². The molecule has 3 atom stereocenters. The van der Waals surface area contributed by atoms with Gasteiger partial charge in [0, 0.05) is 29.7 Å². The van der Waals surface area contributed by atoms with Gasteiger partial charge in [0.1, 0.15) is 12.3 Å². The molecule has 3 unspecified atom stereocenters. The lowest BCUT2D eigenvalue weighted by Gasteiger charge is -2.29. The third kappa shape index (κ3) is 5.81. The molecular formula is C26H18Cl2F7N3O3. The molecule has 0 aliphatic carbocycles. The number of hydrogen-bond acceptors (Lipinski definition) is 5. The van der Waals surface area contributed by atoms with E-state index in [0.717, 1.165) is 12.1 Å². The minimum Gasteiger partial charge on any atom is -0.374 e.